The van der Waals surface area contributed by atoms with Gasteiger partial charge in [0.1, 0.15) is 19.3 Å². The van der Waals surface area contributed by atoms with Crippen LogP contribution in [-0.2, 0) is 65.4 Å². The number of rotatable bonds is 72. The Morgan fingerprint density at radius 2 is 0.495 bits per heavy atom. The van der Waals surface area contributed by atoms with E-state index in [0.717, 1.165) is 102 Å². The molecule has 0 fully saturated rings. The molecule has 0 aromatic carbocycles. The normalized spacial score (nSPS) is 14.1. The van der Waals surface area contributed by atoms with Gasteiger partial charge in [-0.3, -0.25) is 37.3 Å². The van der Waals surface area contributed by atoms with Crippen LogP contribution in [0, 0.1) is 17.8 Å². The van der Waals surface area contributed by atoms with Crippen LogP contribution in [0.2, 0.25) is 0 Å². The molecule has 19 heteroatoms. The van der Waals surface area contributed by atoms with E-state index >= 15 is 0 Å². The summed E-state index contributed by atoms with van der Waals surface area (Å²) in [6, 6.07) is 0. The van der Waals surface area contributed by atoms with E-state index < -0.39 is 97.5 Å². The van der Waals surface area contributed by atoms with Crippen molar-refractivity contribution in [3.05, 3.63) is 0 Å². The smallest absolute Gasteiger partial charge is 0.462 e. The van der Waals surface area contributed by atoms with Crippen LogP contribution in [0.3, 0.4) is 0 Å². The Morgan fingerprint density at radius 1 is 0.290 bits per heavy atom. The lowest BCUT2D eigenvalue weighted by atomic mass is 10.0. The van der Waals surface area contributed by atoms with Crippen molar-refractivity contribution in [2.24, 2.45) is 17.8 Å². The molecule has 552 valence electrons. The van der Waals surface area contributed by atoms with Crippen LogP contribution in [0.4, 0.5) is 0 Å². The SMILES string of the molecule is CCCCCCCCCCCC(=O)OC[C@H](COP(=O)(O)OC[C@H](O)COP(=O)(O)OC[C@@H](COC(=O)CCCCCCCCCCCCC(C)C)OC(=O)CCCCCCCCCCCCCCCCCCCCC(C)C)OC(=O)CCCCCCCCCC(C)C. The molecule has 17 nitrogen and oxygen atoms in total. The van der Waals surface area contributed by atoms with Gasteiger partial charge in [-0.05, 0) is 43.4 Å². The fourth-order valence-corrected chi connectivity index (χ4v) is 12.8. The summed E-state index contributed by atoms with van der Waals surface area (Å²) in [6.07, 6.45) is 50.2. The van der Waals surface area contributed by atoms with Crippen LogP contribution in [0.15, 0.2) is 0 Å². The van der Waals surface area contributed by atoms with Gasteiger partial charge >= 0.3 is 39.5 Å². The maximum atomic E-state index is 13.1. The Kier molecular flexibility index (Phi) is 63.4. The van der Waals surface area contributed by atoms with Crippen LogP contribution in [0.5, 0.6) is 0 Å². The number of phosphoric acid groups is 2. The third kappa shape index (κ3) is 68.4. The molecular formula is C74H144O17P2. The lowest BCUT2D eigenvalue weighted by Gasteiger charge is -2.21. The topological polar surface area (TPSA) is 237 Å². The Balaban J connectivity index is 5.18. The maximum Gasteiger partial charge on any atom is 0.472 e. The number of esters is 4. The van der Waals surface area contributed by atoms with Gasteiger partial charge in [-0.25, -0.2) is 9.13 Å². The van der Waals surface area contributed by atoms with Gasteiger partial charge in [-0.2, -0.15) is 0 Å². The summed E-state index contributed by atoms with van der Waals surface area (Å²) in [4.78, 5) is 72.6. The number of hydrogen-bond acceptors (Lipinski definition) is 15. The first-order valence-corrected chi connectivity index (χ1v) is 41.3. The lowest BCUT2D eigenvalue weighted by molar-refractivity contribution is -0.161. The van der Waals surface area contributed by atoms with Gasteiger partial charge in [0.15, 0.2) is 12.2 Å². The van der Waals surface area contributed by atoms with Crippen molar-refractivity contribution in [3.63, 3.8) is 0 Å². The third-order valence-corrected chi connectivity index (χ3v) is 19.0. The summed E-state index contributed by atoms with van der Waals surface area (Å²) in [6.45, 7) is 11.8. The van der Waals surface area contributed by atoms with Crippen molar-refractivity contribution in [1.82, 2.24) is 0 Å². The number of phosphoric ester groups is 2. The molecule has 3 N–H and O–H groups in total. The van der Waals surface area contributed by atoms with Crippen LogP contribution in [0.25, 0.3) is 0 Å². The molecule has 0 saturated carbocycles. The van der Waals surface area contributed by atoms with Gasteiger partial charge in [-0.15, -0.1) is 0 Å². The average molecular weight is 1370 g/mol. The Morgan fingerprint density at radius 3 is 0.731 bits per heavy atom. The van der Waals surface area contributed by atoms with Gasteiger partial charge in [0.05, 0.1) is 26.4 Å². The van der Waals surface area contributed by atoms with Crippen molar-refractivity contribution in [1.29, 1.82) is 0 Å². The molecule has 0 rings (SSSR count). The van der Waals surface area contributed by atoms with Gasteiger partial charge in [0, 0.05) is 25.7 Å². The van der Waals surface area contributed by atoms with Crippen molar-refractivity contribution in [2.45, 2.75) is 394 Å². The predicted octanol–water partition coefficient (Wildman–Crippen LogP) is 21.4. The van der Waals surface area contributed by atoms with Gasteiger partial charge in [0.2, 0.25) is 0 Å². The molecule has 0 amide bonds. The molecule has 0 aromatic rings. The highest BCUT2D eigenvalue weighted by Gasteiger charge is 2.30. The van der Waals surface area contributed by atoms with Gasteiger partial charge < -0.3 is 33.8 Å². The second-order valence-electron chi connectivity index (χ2n) is 28.1. The number of hydrogen-bond donors (Lipinski definition) is 3. The van der Waals surface area contributed by atoms with E-state index in [1.165, 1.54) is 186 Å². The molecule has 0 aromatic heterocycles. The summed E-state index contributed by atoms with van der Waals surface area (Å²) >= 11 is 0. The highest BCUT2D eigenvalue weighted by molar-refractivity contribution is 7.47. The lowest BCUT2D eigenvalue weighted by Crippen LogP contribution is -2.30. The first-order chi connectivity index (χ1) is 44.7. The largest absolute Gasteiger partial charge is 0.472 e. The number of carbonyl (C=O) groups excluding carboxylic acids is 4. The minimum Gasteiger partial charge on any atom is -0.462 e. The highest BCUT2D eigenvalue weighted by atomic mass is 31.2. The van der Waals surface area contributed by atoms with Crippen LogP contribution in [0.1, 0.15) is 376 Å². The van der Waals surface area contributed by atoms with E-state index in [0.29, 0.717) is 31.6 Å². The minimum atomic E-state index is -4.96. The Hall–Kier alpha value is -1.94. The van der Waals surface area contributed by atoms with E-state index in [2.05, 4.69) is 48.5 Å². The summed E-state index contributed by atoms with van der Waals surface area (Å²) in [5.41, 5.74) is 0. The molecule has 0 saturated heterocycles. The summed E-state index contributed by atoms with van der Waals surface area (Å²) < 4.78 is 68.3. The summed E-state index contributed by atoms with van der Waals surface area (Å²) in [5, 5.41) is 10.6. The second-order valence-corrected chi connectivity index (χ2v) is 31.0. The maximum absolute atomic E-state index is 13.1. The molecule has 0 radical (unpaired) electrons. The monoisotopic (exact) mass is 1370 g/mol. The molecular weight excluding hydrogens is 1220 g/mol. The van der Waals surface area contributed by atoms with Crippen LogP contribution < -0.4 is 0 Å². The van der Waals surface area contributed by atoms with Gasteiger partial charge in [0.25, 0.3) is 0 Å². The predicted molar refractivity (Wildman–Crippen MR) is 377 cm³/mol. The second kappa shape index (κ2) is 64.7. The minimum absolute atomic E-state index is 0.103. The van der Waals surface area contributed by atoms with E-state index in [9.17, 15) is 43.2 Å². The van der Waals surface area contributed by atoms with Crippen LogP contribution in [-0.4, -0.2) is 96.7 Å². The zero-order valence-electron chi connectivity index (χ0n) is 60.7. The van der Waals surface area contributed by atoms with Crippen molar-refractivity contribution < 1.29 is 80.2 Å². The van der Waals surface area contributed by atoms with Crippen molar-refractivity contribution in [3.8, 4) is 0 Å². The quantitative estimate of drug-likeness (QED) is 0.0222. The number of ether oxygens (including phenoxy) is 4. The fourth-order valence-electron chi connectivity index (χ4n) is 11.2. The zero-order chi connectivity index (χ0) is 68.7. The number of carbonyl (C=O) groups is 4. The Bertz CT molecular complexity index is 1820. The first kappa shape index (κ1) is 91.1. The fraction of sp³-hybridized carbons (Fsp3) is 0.946. The van der Waals surface area contributed by atoms with Crippen molar-refractivity contribution >= 4 is 39.5 Å². The average Bonchev–Trinajstić information content (AvgIpc) is 3.02. The van der Waals surface area contributed by atoms with E-state index in [1.807, 2.05) is 0 Å². The third-order valence-electron chi connectivity index (χ3n) is 17.1. The number of unbranched alkanes of at least 4 members (excludes halogenated alkanes) is 40. The van der Waals surface area contributed by atoms with E-state index in [4.69, 9.17) is 37.0 Å². The number of aliphatic hydroxyl groups excluding tert-OH is 1. The van der Waals surface area contributed by atoms with E-state index in [-0.39, 0.29) is 25.7 Å². The zero-order valence-corrected chi connectivity index (χ0v) is 62.5. The van der Waals surface area contributed by atoms with Gasteiger partial charge in [-0.1, -0.05) is 325 Å². The number of aliphatic hydroxyl groups is 1. The standard InChI is InChI=1S/C74H144O17P2/c1-8-9-10-11-12-25-34-41-48-55-71(76)84-62-70(91-74(79)58-51-44-37-30-33-40-47-54-67(6)7)64-89-93(82,83)87-60-68(75)59-86-92(80,81)88-63-69(61-85-72(77)56-49-42-35-28-24-23-27-32-39-46-53-66(4)5)90-73(78)57-50-43-36-29-22-20-18-16-14-13-15-17-19-21-26-31-38-45-52-65(2)3/h65-70,75H,8-64H2,1-7H3,(H,80,81)(H,82,83)/t68-,69-,70-/m1/s1. The molecule has 2 unspecified atom stereocenters. The van der Waals surface area contributed by atoms with Crippen LogP contribution >= 0.6 is 15.6 Å². The summed E-state index contributed by atoms with van der Waals surface area (Å²) in [5.74, 6) is 0.150. The van der Waals surface area contributed by atoms with Crippen molar-refractivity contribution in [2.75, 3.05) is 39.6 Å². The Labute approximate surface area is 568 Å². The molecule has 0 spiro atoms. The summed E-state index contributed by atoms with van der Waals surface area (Å²) in [7, 11) is -9.90. The molecule has 0 heterocycles. The molecule has 93 heavy (non-hydrogen) atoms. The molecule has 0 aliphatic heterocycles. The van der Waals surface area contributed by atoms with E-state index in [1.54, 1.807) is 0 Å². The molecule has 0 bridgehead atoms. The first-order valence-electron chi connectivity index (χ1n) is 38.3. The molecule has 0 aliphatic carbocycles. The molecule has 0 aliphatic rings. The molecule has 5 atom stereocenters. The highest BCUT2D eigenvalue weighted by Crippen LogP contribution is 2.45.